The number of halogens is 2. The number of hydrogen-bond acceptors (Lipinski definition) is 13. The number of terminal acetylenes is 1. The number of carbonyl (C=O) groups is 4. The largest absolute Gasteiger partial charge is 0.399 e. The lowest BCUT2D eigenvalue weighted by Gasteiger charge is -2.14. The summed E-state index contributed by atoms with van der Waals surface area (Å²) < 4.78 is 4.89. The number of nitro benzene ring substituents is 1. The normalized spacial score (nSPS) is 15.9. The third-order valence-corrected chi connectivity index (χ3v) is 14.8. The predicted molar refractivity (Wildman–Crippen MR) is 343 cm³/mol. The minimum Gasteiger partial charge on any atom is -0.399 e. The molecule has 2 unspecified atom stereocenters. The molecule has 5 aliphatic rings. The summed E-state index contributed by atoms with van der Waals surface area (Å²) >= 11 is 9.78. The van der Waals surface area contributed by atoms with Gasteiger partial charge in [0.05, 0.1) is 28.0 Å². The number of nitrogen functional groups attached to an aromatic ring is 1. The second kappa shape index (κ2) is 33.2. The third-order valence-electron chi connectivity index (χ3n) is 14.5. The molecule has 5 aliphatic carbocycles. The summed E-state index contributed by atoms with van der Waals surface area (Å²) in [7, 11) is 13.5. The van der Waals surface area contributed by atoms with Crippen LogP contribution in [0.3, 0.4) is 0 Å². The van der Waals surface area contributed by atoms with Crippen LogP contribution in [0.4, 0.5) is 28.4 Å². The fourth-order valence-electron chi connectivity index (χ4n) is 9.09. The fourth-order valence-corrected chi connectivity index (χ4v) is 9.09. The van der Waals surface area contributed by atoms with Gasteiger partial charge in [-0.25, -0.2) is 20.8 Å². The minimum atomic E-state index is -0.480. The van der Waals surface area contributed by atoms with E-state index in [0.29, 0.717) is 42.1 Å². The van der Waals surface area contributed by atoms with Crippen molar-refractivity contribution in [3.63, 3.8) is 0 Å². The van der Waals surface area contributed by atoms with E-state index in [0.717, 1.165) is 101 Å². The number of rotatable bonds is 5. The molecule has 2 atom stereocenters. The number of anilines is 1. The van der Waals surface area contributed by atoms with Crippen LogP contribution in [0.1, 0.15) is 149 Å². The van der Waals surface area contributed by atoms with Crippen LogP contribution >= 0.6 is 23.5 Å². The molecule has 7 N–H and O–H groups in total. The van der Waals surface area contributed by atoms with Gasteiger partial charge in [-0.05, 0) is 165 Å². The molecule has 0 heterocycles. The summed E-state index contributed by atoms with van der Waals surface area (Å²) in [6.45, 7) is 9.23. The predicted octanol–water partition coefficient (Wildman–Crippen LogP) is 11.1. The first kappa shape index (κ1) is 69.1. The number of hydrogen-bond donors (Lipinski definition) is 4. The molecule has 5 aromatic carbocycles. The van der Waals surface area contributed by atoms with Gasteiger partial charge in [-0.3, -0.25) is 29.3 Å². The van der Waals surface area contributed by atoms with E-state index in [1.807, 2.05) is 114 Å². The summed E-state index contributed by atoms with van der Waals surface area (Å²) in [6, 6.07) is 28.9. The van der Waals surface area contributed by atoms with Crippen LogP contribution in [0.15, 0.2) is 106 Å². The quantitative estimate of drug-likeness (QED) is 0.0187. The van der Waals surface area contributed by atoms with E-state index in [1.54, 1.807) is 39.1 Å². The second-order valence-electron chi connectivity index (χ2n) is 21.3. The highest BCUT2D eigenvalue weighted by Crippen LogP contribution is 2.35. The number of benzene rings is 5. The minimum absolute atomic E-state index is 0.00556. The molecule has 10 rings (SSSR count). The van der Waals surface area contributed by atoms with Crippen molar-refractivity contribution in [2.24, 2.45) is 26.6 Å². The smallest absolute Gasteiger partial charge is 0.270 e. The zero-order chi connectivity index (χ0) is 63.2. The number of carbonyl (C=O) groups excluding carboxylic acids is 4. The number of hydrazine groups is 1. The van der Waals surface area contributed by atoms with Crippen molar-refractivity contribution in [2.75, 3.05) is 55.1 Å². The summed E-state index contributed by atoms with van der Waals surface area (Å²) in [6.07, 6.45) is 14.6. The molecule has 0 spiro atoms. The van der Waals surface area contributed by atoms with Crippen molar-refractivity contribution < 1.29 is 33.1 Å². The average Bonchev–Trinajstić information content (AvgIpc) is 4.52. The lowest BCUT2D eigenvalue weighted by molar-refractivity contribution is -0.507. The number of amides is 1. The number of non-ortho nitro benzene ring substituents is 1. The van der Waals surface area contributed by atoms with Crippen LogP contribution in [-0.4, -0.2) is 120 Å². The Morgan fingerprint density at radius 2 is 1.00 bits per heavy atom. The Bertz CT molecular complexity index is 3380. The van der Waals surface area contributed by atoms with Gasteiger partial charge in [0.15, 0.2) is 24.4 Å². The molecular formula is C64H81Cl2N12O7+. The molecule has 0 fully saturated rings. The molecule has 0 saturated carbocycles. The maximum absolute atomic E-state index is 11.6. The summed E-state index contributed by atoms with van der Waals surface area (Å²) in [4.78, 5) is 74.6. The van der Waals surface area contributed by atoms with Crippen LogP contribution in [-0.2, 0) is 41.2 Å². The van der Waals surface area contributed by atoms with Gasteiger partial charge in [0, 0.05) is 116 Å². The van der Waals surface area contributed by atoms with Gasteiger partial charge in [0.25, 0.3) is 10.9 Å². The number of nitrogens with zero attached hydrogens (tertiary/aromatic N) is 8. The van der Waals surface area contributed by atoms with Gasteiger partial charge in [-0.2, -0.15) is 0 Å². The number of nitrogens with two attached hydrogens (primary N) is 3. The van der Waals surface area contributed by atoms with Crippen molar-refractivity contribution in [1.29, 1.82) is 0 Å². The first-order valence-corrected chi connectivity index (χ1v) is 28.4. The van der Waals surface area contributed by atoms with Gasteiger partial charge in [0.2, 0.25) is 5.91 Å². The van der Waals surface area contributed by atoms with Crippen molar-refractivity contribution in [3.05, 3.63) is 157 Å². The highest BCUT2D eigenvalue weighted by atomic mass is 35.5. The van der Waals surface area contributed by atoms with Crippen LogP contribution in [0.5, 0.6) is 0 Å². The monoisotopic (exact) mass is 1200 g/mol. The van der Waals surface area contributed by atoms with Gasteiger partial charge >= 0.3 is 0 Å². The summed E-state index contributed by atoms with van der Waals surface area (Å²) in [5, 5.41) is 14.0. The van der Waals surface area contributed by atoms with E-state index in [1.165, 1.54) is 39.1 Å². The molecule has 0 aromatic heterocycles. The van der Waals surface area contributed by atoms with Crippen LogP contribution in [0.2, 0.25) is 0 Å². The first-order chi connectivity index (χ1) is 40.1. The molecule has 21 heteroatoms. The molecular weight excluding hydrogens is 1120 g/mol. The van der Waals surface area contributed by atoms with E-state index >= 15 is 0 Å². The van der Waals surface area contributed by atoms with E-state index in [2.05, 4.69) is 73.2 Å². The van der Waals surface area contributed by atoms with Crippen molar-refractivity contribution in [1.82, 2.24) is 20.0 Å². The van der Waals surface area contributed by atoms with Gasteiger partial charge in [-0.15, -0.1) is 4.68 Å². The average molecular weight is 1200 g/mol. The number of nitrogens with one attached hydrogen (secondary N) is 1. The van der Waals surface area contributed by atoms with Gasteiger partial charge in [-0.1, -0.05) is 36.8 Å². The maximum atomic E-state index is 11.6. The molecule has 0 bridgehead atoms. The summed E-state index contributed by atoms with van der Waals surface area (Å²) in [5.41, 5.74) is 25.7. The second-order valence-corrected chi connectivity index (χ2v) is 22.0. The number of fused-ring (bicyclic) bond motifs is 5. The number of ketones is 3. The molecule has 0 radical (unpaired) electrons. The first-order valence-electron chi connectivity index (χ1n) is 27.7. The molecule has 0 saturated heterocycles. The van der Waals surface area contributed by atoms with Crippen molar-refractivity contribution in [2.45, 2.75) is 111 Å². The van der Waals surface area contributed by atoms with Crippen molar-refractivity contribution in [3.8, 4) is 12.5 Å². The number of hydrazone groups is 1. The highest BCUT2D eigenvalue weighted by molar-refractivity contribution is 6.63. The zero-order valence-corrected chi connectivity index (χ0v) is 52.4. The number of aryl methyl sites for hydroxylation is 5. The number of aliphatic imine (C=N–C) groups is 3. The topological polar surface area (TPSA) is 261 Å². The van der Waals surface area contributed by atoms with E-state index in [4.69, 9.17) is 28.9 Å². The lowest BCUT2D eigenvalue weighted by atomic mass is 10.1. The van der Waals surface area contributed by atoms with E-state index in [9.17, 15) is 29.3 Å². The fraction of sp³-hybridized carbons (Fsp3) is 0.375. The number of amidine groups is 3. The van der Waals surface area contributed by atoms with Gasteiger partial charge < -0.3 is 35.8 Å². The maximum Gasteiger partial charge on any atom is 0.270 e. The van der Waals surface area contributed by atoms with Crippen molar-refractivity contribution >= 4 is 97.8 Å². The molecule has 1 amide bonds. The highest BCUT2D eigenvalue weighted by Gasteiger charge is 2.25. The molecule has 5 aromatic rings. The molecule has 452 valence electrons. The molecule has 0 aliphatic heterocycles. The number of nitro groups is 1. The Morgan fingerprint density at radius 3 is 1.42 bits per heavy atom. The van der Waals surface area contributed by atoms with Gasteiger partial charge in [0.1, 0.15) is 35.5 Å². The zero-order valence-electron chi connectivity index (χ0n) is 50.9. The molecule has 19 nitrogen and oxygen atoms in total. The SMILES string of the molecule is C#COCl.C/C(Cl)=[N+](\C)N.CC(=Nc1ccc2c(c1)C(=O)CC2)N(C)C.CC(=Nc1ccc2c(c1)C(N)CC2)N(C)C.CC(=O)NC1CCc2ccc(N=C(C)N(C)C)cc21.Nc1ccc2c(c1)C(=O)CC2.O=C1CCc2ccc([N+](=O)[O-])cc21. The molecule has 85 heavy (non-hydrogen) atoms. The Labute approximate surface area is 510 Å². The standard InChI is InChI=1S/C15H21N3O.C13H19N3.C13H16N2O.C9H7NO3.C9H9NO.C3H8ClN2.C2HClO/c1-10(18(3)4)16-13-7-5-12-6-8-15(14(12)9-13)17-11(2)19;1-9(16(2)3)15-11-6-4-10-5-7-13(14)12(10)8-11;1-9(15(2)3)14-11-6-4-10-5-7-13(16)12(10)8-11;11-9-4-2-6-1-3-7(10(12)13)5-8(6)9;10-7-3-1-6-2-4-9(11)8(6)5-7;1-3(4)6(2)5;1-2-4-3/h5,7,9,15H,6,8H2,1-4H3,(H,17,19);4,6,8,13H,5,7,14H2,1-3H3;4,6,8H,5,7H2,1-3H3;1,3,5H,2,4H2;1,3,5H,2,4,10H2;5H2,1-2H3;1H/q;;;;;+1;/b;;;;;6-3-;. The Balaban J connectivity index is 0.000000220. The third kappa shape index (κ3) is 21.3. The Hall–Kier alpha value is -8.44. The lowest BCUT2D eigenvalue weighted by Crippen LogP contribution is -2.24. The van der Waals surface area contributed by atoms with Crippen LogP contribution in [0, 0.1) is 22.6 Å². The van der Waals surface area contributed by atoms with Crippen LogP contribution in [0.25, 0.3) is 0 Å². The van der Waals surface area contributed by atoms with E-state index in [-0.39, 0.29) is 41.0 Å². The number of Topliss-reactive ketones (excluding diaryl/α,β-unsaturated/α-hetero) is 3. The summed E-state index contributed by atoms with van der Waals surface area (Å²) in [5.74, 6) is 8.52. The van der Waals surface area contributed by atoms with E-state index < -0.39 is 4.92 Å². The van der Waals surface area contributed by atoms with Crippen LogP contribution < -0.4 is 22.6 Å². The Kier molecular flexibility index (Phi) is 26.9. The Morgan fingerprint density at radius 1 is 0.624 bits per heavy atom.